The SMILES string of the molecule is O=C(/C=C/c1cc(Cl)ccc1Cl)N1CCCO1. The molecule has 1 aromatic rings. The van der Waals surface area contributed by atoms with Crippen LogP contribution in [0.25, 0.3) is 6.08 Å². The summed E-state index contributed by atoms with van der Waals surface area (Å²) in [7, 11) is 0. The molecule has 0 radical (unpaired) electrons. The summed E-state index contributed by atoms with van der Waals surface area (Å²) in [5, 5.41) is 2.48. The Kier molecular flexibility index (Phi) is 4.05. The molecule has 0 unspecified atom stereocenters. The van der Waals surface area contributed by atoms with E-state index in [1.165, 1.54) is 11.1 Å². The van der Waals surface area contributed by atoms with Gasteiger partial charge in [-0.25, -0.2) is 5.06 Å². The van der Waals surface area contributed by atoms with Gasteiger partial charge in [-0.1, -0.05) is 23.2 Å². The van der Waals surface area contributed by atoms with E-state index in [1.807, 2.05) is 0 Å². The Morgan fingerprint density at radius 2 is 2.24 bits per heavy atom. The van der Waals surface area contributed by atoms with Crippen molar-refractivity contribution in [1.29, 1.82) is 0 Å². The molecule has 0 N–H and O–H groups in total. The smallest absolute Gasteiger partial charge is 0.270 e. The second kappa shape index (κ2) is 5.54. The van der Waals surface area contributed by atoms with Crippen LogP contribution in [0.15, 0.2) is 24.3 Å². The quantitative estimate of drug-likeness (QED) is 0.774. The van der Waals surface area contributed by atoms with Gasteiger partial charge in [-0.3, -0.25) is 9.63 Å². The molecule has 2 rings (SSSR count). The fourth-order valence-electron chi connectivity index (χ4n) is 1.51. The van der Waals surface area contributed by atoms with E-state index in [9.17, 15) is 4.79 Å². The van der Waals surface area contributed by atoms with Gasteiger partial charge in [0.1, 0.15) is 0 Å². The molecule has 0 atom stereocenters. The Morgan fingerprint density at radius 3 is 2.94 bits per heavy atom. The van der Waals surface area contributed by atoms with Gasteiger partial charge in [-0.05, 0) is 36.3 Å². The fraction of sp³-hybridized carbons (Fsp3) is 0.250. The first-order valence-electron chi connectivity index (χ1n) is 5.24. The van der Waals surface area contributed by atoms with Crippen molar-refractivity contribution in [3.05, 3.63) is 39.9 Å². The minimum absolute atomic E-state index is 0.182. The maximum Gasteiger partial charge on any atom is 0.270 e. The van der Waals surface area contributed by atoms with E-state index < -0.39 is 0 Å². The summed E-state index contributed by atoms with van der Waals surface area (Å²) in [5.41, 5.74) is 0.715. The lowest BCUT2D eigenvalue weighted by atomic mass is 10.2. The second-order valence-electron chi connectivity index (χ2n) is 3.63. The van der Waals surface area contributed by atoms with Crippen LogP contribution in [0.5, 0.6) is 0 Å². The Labute approximate surface area is 110 Å². The van der Waals surface area contributed by atoms with Crippen molar-refractivity contribution in [2.45, 2.75) is 6.42 Å². The molecule has 3 nitrogen and oxygen atoms in total. The summed E-state index contributed by atoms with van der Waals surface area (Å²) in [6, 6.07) is 5.10. The Bertz CT molecular complexity index is 454. The number of hydrogen-bond donors (Lipinski definition) is 0. The van der Waals surface area contributed by atoms with Gasteiger partial charge in [-0.15, -0.1) is 0 Å². The average molecular weight is 272 g/mol. The fourth-order valence-corrected chi connectivity index (χ4v) is 1.87. The summed E-state index contributed by atoms with van der Waals surface area (Å²) >= 11 is 11.8. The lowest BCUT2D eigenvalue weighted by molar-refractivity contribution is -0.162. The number of carbonyl (C=O) groups is 1. The van der Waals surface area contributed by atoms with Crippen molar-refractivity contribution in [2.75, 3.05) is 13.2 Å². The maximum absolute atomic E-state index is 11.7. The number of carbonyl (C=O) groups excluding carboxylic acids is 1. The molecule has 1 aliphatic rings. The predicted molar refractivity (Wildman–Crippen MR) is 67.8 cm³/mol. The Morgan fingerprint density at radius 1 is 1.41 bits per heavy atom. The van der Waals surface area contributed by atoms with Gasteiger partial charge in [0.05, 0.1) is 13.2 Å². The van der Waals surface area contributed by atoms with Gasteiger partial charge in [0.2, 0.25) is 0 Å². The van der Waals surface area contributed by atoms with Gasteiger partial charge in [0.15, 0.2) is 0 Å². The van der Waals surface area contributed by atoms with Gasteiger partial charge < -0.3 is 0 Å². The van der Waals surface area contributed by atoms with Crippen LogP contribution in [-0.4, -0.2) is 24.1 Å². The first-order chi connectivity index (χ1) is 8.16. The van der Waals surface area contributed by atoms with Crippen molar-refractivity contribution in [3.8, 4) is 0 Å². The van der Waals surface area contributed by atoms with E-state index in [-0.39, 0.29) is 5.91 Å². The summed E-state index contributed by atoms with van der Waals surface area (Å²) < 4.78 is 0. The zero-order valence-corrected chi connectivity index (χ0v) is 10.5. The molecule has 1 saturated heterocycles. The molecule has 1 heterocycles. The molecule has 17 heavy (non-hydrogen) atoms. The largest absolute Gasteiger partial charge is 0.271 e. The van der Waals surface area contributed by atoms with E-state index in [0.717, 1.165) is 6.42 Å². The Hall–Kier alpha value is -1.03. The molecular weight excluding hydrogens is 261 g/mol. The number of hydroxylamine groups is 2. The number of benzene rings is 1. The van der Waals surface area contributed by atoms with E-state index in [2.05, 4.69) is 0 Å². The van der Waals surface area contributed by atoms with Crippen LogP contribution in [0.3, 0.4) is 0 Å². The van der Waals surface area contributed by atoms with Gasteiger partial charge >= 0.3 is 0 Å². The number of nitrogens with zero attached hydrogens (tertiary/aromatic N) is 1. The molecular formula is C12H11Cl2NO2. The minimum atomic E-state index is -0.182. The minimum Gasteiger partial charge on any atom is -0.271 e. The molecule has 1 amide bonds. The van der Waals surface area contributed by atoms with Gasteiger partial charge in [0, 0.05) is 16.1 Å². The lowest BCUT2D eigenvalue weighted by Crippen LogP contribution is -2.24. The van der Waals surface area contributed by atoms with Crippen molar-refractivity contribution in [3.63, 3.8) is 0 Å². The van der Waals surface area contributed by atoms with Crippen LogP contribution < -0.4 is 0 Å². The molecule has 0 aliphatic carbocycles. The van der Waals surface area contributed by atoms with Crippen LogP contribution in [0.2, 0.25) is 10.0 Å². The molecule has 0 bridgehead atoms. The van der Waals surface area contributed by atoms with Crippen molar-refractivity contribution in [1.82, 2.24) is 5.06 Å². The molecule has 5 heteroatoms. The molecule has 0 spiro atoms. The lowest BCUT2D eigenvalue weighted by Gasteiger charge is -2.10. The van der Waals surface area contributed by atoms with Crippen LogP contribution in [0.1, 0.15) is 12.0 Å². The van der Waals surface area contributed by atoms with E-state index in [0.29, 0.717) is 28.8 Å². The third-order valence-electron chi connectivity index (χ3n) is 2.36. The third kappa shape index (κ3) is 3.22. The van der Waals surface area contributed by atoms with Crippen LogP contribution in [0.4, 0.5) is 0 Å². The second-order valence-corrected chi connectivity index (χ2v) is 4.47. The van der Waals surface area contributed by atoms with Crippen molar-refractivity contribution >= 4 is 35.2 Å². The summed E-state index contributed by atoms with van der Waals surface area (Å²) in [4.78, 5) is 16.8. The molecule has 1 aromatic carbocycles. The highest BCUT2D eigenvalue weighted by atomic mass is 35.5. The van der Waals surface area contributed by atoms with Crippen molar-refractivity contribution in [2.24, 2.45) is 0 Å². The van der Waals surface area contributed by atoms with Crippen LogP contribution in [-0.2, 0) is 9.63 Å². The normalized spacial score (nSPS) is 15.8. The number of amides is 1. The average Bonchev–Trinajstić information content (AvgIpc) is 2.83. The van der Waals surface area contributed by atoms with E-state index in [4.69, 9.17) is 28.0 Å². The molecule has 0 saturated carbocycles. The molecule has 1 fully saturated rings. The zero-order chi connectivity index (χ0) is 12.3. The maximum atomic E-state index is 11.7. The zero-order valence-electron chi connectivity index (χ0n) is 9.03. The summed E-state index contributed by atoms with van der Waals surface area (Å²) in [5.74, 6) is -0.182. The van der Waals surface area contributed by atoms with E-state index in [1.54, 1.807) is 24.3 Å². The Balaban J connectivity index is 2.08. The molecule has 0 aromatic heterocycles. The number of hydrogen-bond acceptors (Lipinski definition) is 2. The highest BCUT2D eigenvalue weighted by Crippen LogP contribution is 2.21. The molecule has 90 valence electrons. The molecule has 1 aliphatic heterocycles. The van der Waals surface area contributed by atoms with Gasteiger partial charge in [0.25, 0.3) is 5.91 Å². The van der Waals surface area contributed by atoms with Gasteiger partial charge in [-0.2, -0.15) is 0 Å². The summed E-state index contributed by atoms with van der Waals surface area (Å²) in [6.07, 6.45) is 3.94. The topological polar surface area (TPSA) is 29.5 Å². The highest BCUT2D eigenvalue weighted by molar-refractivity contribution is 6.34. The van der Waals surface area contributed by atoms with E-state index >= 15 is 0 Å². The number of rotatable bonds is 2. The van der Waals surface area contributed by atoms with Crippen molar-refractivity contribution < 1.29 is 9.63 Å². The van der Waals surface area contributed by atoms with Crippen LogP contribution in [0, 0.1) is 0 Å². The standard InChI is InChI=1S/C12H11Cl2NO2/c13-10-3-4-11(14)9(8-10)2-5-12(16)15-6-1-7-17-15/h2-5,8H,1,6-7H2/b5-2+. The highest BCUT2D eigenvalue weighted by Gasteiger charge is 2.16. The monoisotopic (exact) mass is 271 g/mol. The third-order valence-corrected chi connectivity index (χ3v) is 2.94. The van der Waals surface area contributed by atoms with Crippen LogP contribution >= 0.6 is 23.2 Å². The number of halogens is 2. The summed E-state index contributed by atoms with van der Waals surface area (Å²) in [6.45, 7) is 1.23. The first kappa shape index (κ1) is 12.4. The first-order valence-corrected chi connectivity index (χ1v) is 6.00. The predicted octanol–water partition coefficient (Wildman–Crippen LogP) is 3.17.